The molecule has 6 nitrogen and oxygen atoms in total. The van der Waals surface area contributed by atoms with Gasteiger partial charge in [0.05, 0.1) is 6.10 Å². The average Bonchev–Trinajstić information content (AvgIpc) is 3.06. The molecule has 2 aromatic rings. The Kier molecular flexibility index (Phi) is 5.58. The van der Waals surface area contributed by atoms with Crippen molar-refractivity contribution in [2.24, 2.45) is 11.3 Å². The quantitative estimate of drug-likeness (QED) is 0.791. The summed E-state index contributed by atoms with van der Waals surface area (Å²) in [5.41, 5.74) is 1.43. The first-order chi connectivity index (χ1) is 12.3. The fraction of sp³-hybridized carbons (Fsp3) is 0.526. The topological polar surface area (TPSA) is 80.1 Å². The third-order valence-electron chi connectivity index (χ3n) is 4.66. The second-order valence-electron chi connectivity index (χ2n) is 7.77. The Balaban J connectivity index is 1.62. The number of benzene rings is 1. The molecule has 2 atom stereocenters. The Morgan fingerprint density at radius 1 is 1.35 bits per heavy atom. The van der Waals surface area contributed by atoms with Crippen molar-refractivity contribution in [3.63, 3.8) is 0 Å². The molecule has 0 radical (unpaired) electrons. The van der Waals surface area contributed by atoms with Crippen molar-refractivity contribution in [2.45, 2.75) is 39.7 Å². The maximum atomic E-state index is 12.5. The van der Waals surface area contributed by atoms with Gasteiger partial charge in [0.1, 0.15) is 0 Å². The van der Waals surface area contributed by atoms with E-state index in [2.05, 4.69) is 36.3 Å². The molecule has 7 heteroatoms. The minimum Gasteiger partial charge on any atom is -0.409 e. The average molecular weight is 375 g/mol. The van der Waals surface area contributed by atoms with Gasteiger partial charge < -0.3 is 14.5 Å². The summed E-state index contributed by atoms with van der Waals surface area (Å²) in [6, 6.07) is 7.11. The summed E-state index contributed by atoms with van der Waals surface area (Å²) in [5, 5.41) is 9.62. The fourth-order valence-corrected chi connectivity index (χ4v) is 3.58. The van der Waals surface area contributed by atoms with Crippen molar-refractivity contribution in [3.05, 3.63) is 34.7 Å². The number of aromatic nitrogens is 2. The highest BCUT2D eigenvalue weighted by molar-refractivity contribution is 7.71. The number of aromatic amines is 1. The lowest BCUT2D eigenvalue weighted by Gasteiger charge is -2.40. The van der Waals surface area contributed by atoms with Gasteiger partial charge in [-0.3, -0.25) is 4.79 Å². The number of hydrogen-bond acceptors (Lipinski definition) is 5. The normalized spacial score (nSPS) is 20.7. The molecule has 0 bridgehead atoms. The van der Waals surface area contributed by atoms with Crippen LogP contribution in [0.5, 0.6) is 0 Å². The van der Waals surface area contributed by atoms with Crippen LogP contribution in [0.3, 0.4) is 0 Å². The molecule has 0 aliphatic carbocycles. The molecule has 1 aliphatic rings. The second kappa shape index (κ2) is 7.72. The molecular weight excluding hydrogens is 350 g/mol. The van der Waals surface area contributed by atoms with Gasteiger partial charge in [0.2, 0.25) is 5.89 Å². The van der Waals surface area contributed by atoms with Crippen molar-refractivity contribution in [1.29, 1.82) is 0 Å². The lowest BCUT2D eigenvalue weighted by Crippen LogP contribution is -2.45. The van der Waals surface area contributed by atoms with Crippen molar-refractivity contribution in [1.82, 2.24) is 15.5 Å². The standard InChI is InChI=1S/C19H25N3O3S/c1-19(2,3)15-14(5-4-10-24-15)11-20-16(23)12-6-8-13(9-7-12)17-21-22-18(26)25-17/h6-9,14-15H,4-5,10-11H2,1-3H3,(H,20,23)(H,22,26)/t14-,15+/m1/s1. The van der Waals surface area contributed by atoms with E-state index in [1.807, 2.05) is 0 Å². The first kappa shape index (κ1) is 18.8. The predicted octanol–water partition coefficient (Wildman–Crippen LogP) is 3.97. The number of H-pyrrole nitrogens is 1. The van der Waals surface area contributed by atoms with Crippen molar-refractivity contribution in [2.75, 3.05) is 13.2 Å². The van der Waals surface area contributed by atoms with Crippen LogP contribution in [-0.4, -0.2) is 35.4 Å². The zero-order valence-electron chi connectivity index (χ0n) is 15.4. The van der Waals surface area contributed by atoms with Crippen LogP contribution in [0.15, 0.2) is 28.7 Å². The van der Waals surface area contributed by atoms with Gasteiger partial charge in [0, 0.05) is 30.2 Å². The number of rotatable bonds is 4. The SMILES string of the molecule is CC(C)(C)[C@H]1OCCC[C@@H]1CNC(=O)c1ccc(-c2n[nH]c(=S)o2)cc1. The Morgan fingerprint density at radius 2 is 2.08 bits per heavy atom. The van der Waals surface area contributed by atoms with Gasteiger partial charge in [0.25, 0.3) is 10.7 Å². The second-order valence-corrected chi connectivity index (χ2v) is 8.14. The van der Waals surface area contributed by atoms with E-state index in [0.717, 1.165) is 25.0 Å². The Labute approximate surface area is 158 Å². The van der Waals surface area contributed by atoms with Gasteiger partial charge >= 0.3 is 0 Å². The largest absolute Gasteiger partial charge is 0.409 e. The molecule has 0 spiro atoms. The van der Waals surface area contributed by atoms with Gasteiger partial charge in [-0.1, -0.05) is 20.8 Å². The monoisotopic (exact) mass is 375 g/mol. The maximum Gasteiger partial charge on any atom is 0.284 e. The van der Waals surface area contributed by atoms with E-state index in [0.29, 0.717) is 23.9 Å². The third kappa shape index (κ3) is 4.40. The smallest absolute Gasteiger partial charge is 0.284 e. The van der Waals surface area contributed by atoms with E-state index >= 15 is 0 Å². The van der Waals surface area contributed by atoms with Crippen LogP contribution in [0.1, 0.15) is 44.0 Å². The van der Waals surface area contributed by atoms with Crippen LogP contribution in [0.25, 0.3) is 11.5 Å². The first-order valence-corrected chi connectivity index (χ1v) is 9.31. The third-order valence-corrected chi connectivity index (χ3v) is 4.83. The molecule has 1 amide bonds. The zero-order valence-corrected chi connectivity index (χ0v) is 16.2. The number of ether oxygens (including phenoxy) is 1. The van der Waals surface area contributed by atoms with Gasteiger partial charge in [-0.2, -0.15) is 0 Å². The minimum atomic E-state index is -0.0855. The van der Waals surface area contributed by atoms with E-state index in [1.54, 1.807) is 24.3 Å². The summed E-state index contributed by atoms with van der Waals surface area (Å²) in [5.74, 6) is 0.660. The maximum absolute atomic E-state index is 12.5. The summed E-state index contributed by atoms with van der Waals surface area (Å²) >= 11 is 4.87. The van der Waals surface area contributed by atoms with Crippen LogP contribution in [0, 0.1) is 16.2 Å². The molecule has 26 heavy (non-hydrogen) atoms. The summed E-state index contributed by atoms with van der Waals surface area (Å²) in [6.07, 6.45) is 2.28. The van der Waals surface area contributed by atoms with E-state index in [9.17, 15) is 4.79 Å². The first-order valence-electron chi connectivity index (χ1n) is 8.90. The molecule has 1 aliphatic heterocycles. The van der Waals surface area contributed by atoms with Crippen molar-refractivity contribution < 1.29 is 13.9 Å². The van der Waals surface area contributed by atoms with Crippen LogP contribution in [0.2, 0.25) is 0 Å². The molecule has 2 heterocycles. The fourth-order valence-electron chi connectivity index (χ4n) is 3.45. The number of carbonyl (C=O) groups excluding carboxylic acids is 1. The summed E-state index contributed by atoms with van der Waals surface area (Å²) in [4.78, 5) is 12.7. The lowest BCUT2D eigenvalue weighted by atomic mass is 9.78. The number of hydrogen-bond donors (Lipinski definition) is 2. The van der Waals surface area contributed by atoms with E-state index in [-0.39, 0.29) is 22.3 Å². The molecular formula is C19H25N3O3S. The van der Waals surface area contributed by atoms with Gasteiger partial charge in [0.15, 0.2) is 0 Å². The Morgan fingerprint density at radius 3 is 2.69 bits per heavy atom. The highest BCUT2D eigenvalue weighted by Gasteiger charge is 2.35. The highest BCUT2D eigenvalue weighted by atomic mass is 32.1. The van der Waals surface area contributed by atoms with Crippen LogP contribution < -0.4 is 5.32 Å². The number of nitrogens with zero attached hydrogens (tertiary/aromatic N) is 1. The molecule has 0 unspecified atom stereocenters. The molecule has 140 valence electrons. The summed E-state index contributed by atoms with van der Waals surface area (Å²) in [6.45, 7) is 7.98. The van der Waals surface area contributed by atoms with Gasteiger partial charge in [-0.25, -0.2) is 5.10 Å². The molecule has 3 rings (SSSR count). The number of carbonyl (C=O) groups is 1. The van der Waals surface area contributed by atoms with E-state index < -0.39 is 0 Å². The molecule has 0 saturated carbocycles. The minimum absolute atomic E-state index is 0.0636. The molecule has 1 fully saturated rings. The Hall–Kier alpha value is -1.99. The van der Waals surface area contributed by atoms with Crippen LogP contribution >= 0.6 is 12.2 Å². The molecule has 2 N–H and O–H groups in total. The van der Waals surface area contributed by atoms with E-state index in [4.69, 9.17) is 21.4 Å². The van der Waals surface area contributed by atoms with Crippen LogP contribution in [-0.2, 0) is 4.74 Å². The lowest BCUT2D eigenvalue weighted by molar-refractivity contribution is -0.0839. The summed E-state index contributed by atoms with van der Waals surface area (Å²) < 4.78 is 11.3. The molecule has 1 saturated heterocycles. The molecule has 1 aromatic heterocycles. The van der Waals surface area contributed by atoms with Crippen LogP contribution in [0.4, 0.5) is 0 Å². The number of nitrogens with one attached hydrogen (secondary N) is 2. The predicted molar refractivity (Wildman–Crippen MR) is 101 cm³/mol. The highest BCUT2D eigenvalue weighted by Crippen LogP contribution is 2.33. The van der Waals surface area contributed by atoms with Gasteiger partial charge in [-0.15, -0.1) is 5.10 Å². The van der Waals surface area contributed by atoms with E-state index in [1.165, 1.54) is 0 Å². The van der Waals surface area contributed by atoms with Crippen molar-refractivity contribution >= 4 is 18.1 Å². The zero-order chi connectivity index (χ0) is 18.7. The number of amides is 1. The van der Waals surface area contributed by atoms with Crippen molar-refractivity contribution in [3.8, 4) is 11.5 Å². The van der Waals surface area contributed by atoms with Gasteiger partial charge in [-0.05, 0) is 54.7 Å². The Bertz CT molecular complexity index is 804. The summed E-state index contributed by atoms with van der Waals surface area (Å²) in [7, 11) is 0. The molecule has 1 aromatic carbocycles.